The minimum Gasteiger partial charge on any atom is -0.394 e. The van der Waals surface area contributed by atoms with Crippen molar-refractivity contribution in [2.75, 3.05) is 25.6 Å². The number of nitrogens with one attached hydrogen (secondary N) is 2. The average molecular weight is 632 g/mol. The molecule has 0 radical (unpaired) electrons. The van der Waals surface area contributed by atoms with Gasteiger partial charge in [0.15, 0.2) is 28.6 Å². The number of nitrogens with zero attached hydrogens (tertiary/aromatic N) is 6. The fourth-order valence-corrected chi connectivity index (χ4v) is 6.27. The highest BCUT2D eigenvalue weighted by Gasteiger charge is 2.57. The third-order valence-corrected chi connectivity index (χ3v) is 8.44. The van der Waals surface area contributed by atoms with E-state index in [9.17, 15) is 34.4 Å². The third kappa shape index (κ3) is 4.61. The zero-order valence-electron chi connectivity index (χ0n) is 21.0. The number of H-pyrrole nitrogens is 2. The lowest BCUT2D eigenvalue weighted by molar-refractivity contribution is -0.111. The second kappa shape index (κ2) is 10.5. The highest BCUT2D eigenvalue weighted by molar-refractivity contribution is 7.47. The molecular weight excluding hydrogens is 609 g/mol. The monoisotopic (exact) mass is 631 g/mol. The van der Waals surface area contributed by atoms with Crippen molar-refractivity contribution in [1.29, 1.82) is 0 Å². The average Bonchev–Trinajstić information content (AvgIpc) is 3.70. The maximum absolute atomic E-state index is 13.2. The van der Waals surface area contributed by atoms with E-state index in [0.717, 1.165) is 17.2 Å². The van der Waals surface area contributed by atoms with Gasteiger partial charge in [-0.15, -0.1) is 11.6 Å². The molecule has 42 heavy (non-hydrogen) atoms. The van der Waals surface area contributed by atoms with Gasteiger partial charge in [0.25, 0.3) is 11.1 Å². The number of nitrogens with two attached hydrogens (primary N) is 1. The van der Waals surface area contributed by atoms with Crippen LogP contribution >= 0.6 is 19.4 Å². The standard InChI is InChI=1S/C20H23ClN9O11P/c21-9-12(32)8(40-18(9)29-5-25-10-14(29)23-4-24-16(10)34)2-39-42(36,37)41-20(3-38-7(1-31)13(20)33)30-6-26-11-15(30)27-19(22)28-17(11)35/h4-9,12-13,18,31-33H,1-3H2,(H,36,37)(H,23,24,34)(H3,22,27,28,35)/t7-,8-,9+,12-,13-,18-,20-/m1/s1. The van der Waals surface area contributed by atoms with E-state index in [1.54, 1.807) is 0 Å². The Morgan fingerprint density at radius 1 is 1.17 bits per heavy atom. The van der Waals surface area contributed by atoms with E-state index < -0.39 is 80.5 Å². The van der Waals surface area contributed by atoms with Crippen molar-refractivity contribution >= 4 is 47.7 Å². The Labute approximate surface area is 237 Å². The number of aliphatic hydroxyl groups excluding tert-OH is 3. The Balaban J connectivity index is 1.25. The van der Waals surface area contributed by atoms with Crippen molar-refractivity contribution < 1.29 is 43.3 Å². The largest absolute Gasteiger partial charge is 0.474 e. The maximum Gasteiger partial charge on any atom is 0.474 e. The molecule has 0 amide bonds. The van der Waals surface area contributed by atoms with Crippen molar-refractivity contribution in [2.45, 2.75) is 41.7 Å². The number of aromatic nitrogens is 8. The van der Waals surface area contributed by atoms with E-state index in [1.807, 2.05) is 0 Å². The Morgan fingerprint density at radius 3 is 2.64 bits per heavy atom. The van der Waals surface area contributed by atoms with Crippen LogP contribution in [0, 0.1) is 0 Å². The van der Waals surface area contributed by atoms with Crippen molar-refractivity contribution in [3.05, 3.63) is 39.7 Å². The number of aromatic amines is 2. The molecule has 8 atom stereocenters. The molecule has 8 N–H and O–H groups in total. The lowest BCUT2D eigenvalue weighted by atomic mass is 10.1. The van der Waals surface area contributed by atoms with Gasteiger partial charge < -0.3 is 40.4 Å². The Bertz CT molecular complexity index is 1810. The van der Waals surface area contributed by atoms with Crippen LogP contribution in [0.25, 0.3) is 22.3 Å². The van der Waals surface area contributed by atoms with Crippen LogP contribution in [-0.4, -0.2) is 109 Å². The number of phosphoric ester groups is 1. The fraction of sp³-hybridized carbons (Fsp3) is 0.500. The lowest BCUT2D eigenvalue weighted by Crippen LogP contribution is -2.48. The van der Waals surface area contributed by atoms with Crippen molar-refractivity contribution in [3.8, 4) is 0 Å². The van der Waals surface area contributed by atoms with E-state index in [0.29, 0.717) is 0 Å². The van der Waals surface area contributed by atoms with Crippen LogP contribution in [-0.2, 0) is 28.8 Å². The number of fused-ring (bicyclic) bond motifs is 2. The number of hydrogen-bond acceptors (Lipinski definition) is 15. The normalized spacial score (nSPS) is 31.3. The van der Waals surface area contributed by atoms with Gasteiger partial charge in [-0.25, -0.2) is 19.5 Å². The number of halogens is 1. The van der Waals surface area contributed by atoms with Gasteiger partial charge in [0.2, 0.25) is 11.7 Å². The van der Waals surface area contributed by atoms with Crippen LogP contribution in [0.2, 0.25) is 0 Å². The summed E-state index contributed by atoms with van der Waals surface area (Å²) in [6, 6.07) is 0. The second-order valence-corrected chi connectivity index (χ2v) is 11.4. The Kier molecular flexibility index (Phi) is 7.17. The first-order valence-electron chi connectivity index (χ1n) is 12.2. The van der Waals surface area contributed by atoms with Gasteiger partial charge in [0.1, 0.15) is 29.8 Å². The number of rotatable bonds is 8. The summed E-state index contributed by atoms with van der Waals surface area (Å²) in [5.74, 6) is -0.317. The molecule has 2 aliphatic heterocycles. The third-order valence-electron chi connectivity index (χ3n) is 6.94. The van der Waals surface area contributed by atoms with Crippen molar-refractivity contribution in [1.82, 2.24) is 39.0 Å². The summed E-state index contributed by atoms with van der Waals surface area (Å²) in [5.41, 5.74) is 1.80. The summed E-state index contributed by atoms with van der Waals surface area (Å²) in [6.45, 7) is -2.04. The SMILES string of the molecule is Nc1nc2c(ncn2[C@@]2(OP(=O)(O)OC[C@H]3O[C@@H](n4cnc5c(=O)[nH]cnc54)[C@@H](Cl)[C@@H]3O)CO[C@H](CO)[C@H]2O)c(=O)[nH]1. The molecule has 6 heterocycles. The van der Waals surface area contributed by atoms with Crippen LogP contribution in [0.3, 0.4) is 0 Å². The number of hydrogen-bond donors (Lipinski definition) is 7. The van der Waals surface area contributed by atoms with Crippen molar-refractivity contribution in [3.63, 3.8) is 0 Å². The number of anilines is 1. The number of alkyl halides is 1. The number of imidazole rings is 2. The minimum atomic E-state index is -5.17. The zero-order valence-corrected chi connectivity index (χ0v) is 22.7. The first-order valence-corrected chi connectivity index (χ1v) is 14.1. The molecule has 2 saturated heterocycles. The topological polar surface area (TPSA) is 288 Å². The smallest absolute Gasteiger partial charge is 0.394 e. The summed E-state index contributed by atoms with van der Waals surface area (Å²) in [6.07, 6.45) is -3.46. The first kappa shape index (κ1) is 28.8. The molecule has 2 fully saturated rings. The van der Waals surface area contributed by atoms with E-state index in [-0.39, 0.29) is 28.3 Å². The molecule has 4 aromatic rings. The number of phosphoric acid groups is 1. The van der Waals surface area contributed by atoms with E-state index in [1.165, 1.54) is 10.9 Å². The van der Waals surface area contributed by atoms with Gasteiger partial charge in [-0.05, 0) is 0 Å². The van der Waals surface area contributed by atoms with E-state index in [4.69, 9.17) is 35.9 Å². The molecule has 0 bridgehead atoms. The summed E-state index contributed by atoms with van der Waals surface area (Å²) >= 11 is 6.38. The molecule has 6 rings (SSSR count). The van der Waals surface area contributed by atoms with Crippen LogP contribution < -0.4 is 16.9 Å². The van der Waals surface area contributed by atoms with Gasteiger partial charge >= 0.3 is 7.82 Å². The summed E-state index contributed by atoms with van der Waals surface area (Å²) in [5, 5.41) is 30.2. The highest BCUT2D eigenvalue weighted by Crippen LogP contribution is 2.53. The predicted molar refractivity (Wildman–Crippen MR) is 138 cm³/mol. The Hall–Kier alpha value is -3.30. The molecule has 4 aromatic heterocycles. The summed E-state index contributed by atoms with van der Waals surface area (Å²) in [4.78, 5) is 55.6. The van der Waals surface area contributed by atoms with Crippen LogP contribution in [0.4, 0.5) is 5.95 Å². The molecule has 22 heteroatoms. The summed E-state index contributed by atoms with van der Waals surface area (Å²) in [7, 11) is -5.17. The predicted octanol–water partition coefficient (Wildman–Crippen LogP) is -2.76. The second-order valence-electron chi connectivity index (χ2n) is 9.47. The Morgan fingerprint density at radius 2 is 1.90 bits per heavy atom. The highest BCUT2D eigenvalue weighted by atomic mass is 35.5. The molecule has 1 unspecified atom stereocenters. The molecule has 0 aliphatic carbocycles. The maximum atomic E-state index is 13.2. The van der Waals surface area contributed by atoms with Gasteiger partial charge in [0, 0.05) is 0 Å². The van der Waals surface area contributed by atoms with Crippen molar-refractivity contribution in [2.24, 2.45) is 0 Å². The zero-order chi connectivity index (χ0) is 30.0. The van der Waals surface area contributed by atoms with Crippen LogP contribution in [0.15, 0.2) is 28.6 Å². The molecule has 226 valence electrons. The molecule has 0 aromatic carbocycles. The van der Waals surface area contributed by atoms with Gasteiger partial charge in [0.05, 0.1) is 38.8 Å². The van der Waals surface area contributed by atoms with Gasteiger partial charge in [-0.2, -0.15) is 4.98 Å². The summed E-state index contributed by atoms with van der Waals surface area (Å²) < 4.78 is 37.3. The lowest BCUT2D eigenvalue weighted by Gasteiger charge is -2.34. The molecular formula is C20H23ClN9O11P. The van der Waals surface area contributed by atoms with Crippen LogP contribution in [0.1, 0.15) is 6.23 Å². The number of aliphatic hydroxyl groups is 3. The molecule has 0 saturated carbocycles. The van der Waals surface area contributed by atoms with E-state index >= 15 is 0 Å². The molecule has 2 aliphatic rings. The fourth-order valence-electron chi connectivity index (χ4n) is 4.89. The van der Waals surface area contributed by atoms with E-state index in [2.05, 4.69) is 29.9 Å². The van der Waals surface area contributed by atoms with Crippen LogP contribution in [0.5, 0.6) is 0 Å². The minimum absolute atomic E-state index is 0.00139. The number of nitrogen functional groups attached to an aromatic ring is 1. The van der Waals surface area contributed by atoms with Gasteiger partial charge in [-0.3, -0.25) is 32.8 Å². The number of ether oxygens (including phenoxy) is 2. The van der Waals surface area contributed by atoms with Gasteiger partial charge in [-0.1, -0.05) is 0 Å². The molecule has 20 nitrogen and oxygen atoms in total. The first-order chi connectivity index (χ1) is 20.0. The molecule has 0 spiro atoms. The quantitative estimate of drug-likeness (QED) is 0.0765.